The largest absolute Gasteiger partial charge is 0.496 e. The van der Waals surface area contributed by atoms with Crippen LogP contribution >= 0.6 is 0 Å². The third kappa shape index (κ3) is 3.89. The lowest BCUT2D eigenvalue weighted by Gasteiger charge is -2.11. The Bertz CT molecular complexity index is 991. The third-order valence-electron chi connectivity index (χ3n) is 3.90. The second-order valence-electron chi connectivity index (χ2n) is 5.65. The van der Waals surface area contributed by atoms with Crippen LogP contribution in [0.4, 0.5) is 5.69 Å². The van der Waals surface area contributed by atoms with Gasteiger partial charge in [-0.25, -0.2) is 4.79 Å². The van der Waals surface area contributed by atoms with Crippen molar-refractivity contribution in [3.8, 4) is 5.75 Å². The van der Waals surface area contributed by atoms with Crippen molar-refractivity contribution in [2.75, 3.05) is 12.4 Å². The molecule has 0 aromatic heterocycles. The van der Waals surface area contributed by atoms with Crippen molar-refractivity contribution < 1.29 is 19.4 Å². The van der Waals surface area contributed by atoms with E-state index in [0.717, 1.165) is 22.4 Å². The molecule has 0 saturated carbocycles. The van der Waals surface area contributed by atoms with Gasteiger partial charge < -0.3 is 15.2 Å². The first-order valence-corrected chi connectivity index (χ1v) is 7.96. The molecule has 0 heterocycles. The number of fused-ring (bicyclic) bond motifs is 1. The second-order valence-corrected chi connectivity index (χ2v) is 5.65. The number of carbonyl (C=O) groups excluding carboxylic acids is 1. The highest BCUT2D eigenvalue weighted by Gasteiger charge is 2.14. The van der Waals surface area contributed by atoms with Gasteiger partial charge in [-0.15, -0.1) is 0 Å². The zero-order valence-electron chi connectivity index (χ0n) is 14.1. The normalized spacial score (nSPS) is 10.8. The van der Waals surface area contributed by atoms with Crippen molar-refractivity contribution in [2.45, 2.75) is 0 Å². The minimum absolute atomic E-state index is 0.276. The standard InChI is InChI=1S/C21H17NO4/c1-26-19-13-16-5-3-2-4-15(16)12-18(19)21(25)22-17-9-6-14(7-10-17)8-11-20(23)24/h2-13H,1H3,(H,22,25)(H,23,24)/b11-8+. The molecule has 0 aliphatic carbocycles. The number of hydrogen-bond donors (Lipinski definition) is 2. The summed E-state index contributed by atoms with van der Waals surface area (Å²) in [5, 5.41) is 13.4. The molecule has 0 atom stereocenters. The molecule has 130 valence electrons. The number of carboxylic acids is 1. The summed E-state index contributed by atoms with van der Waals surface area (Å²) in [6, 6.07) is 18.3. The Morgan fingerprint density at radius 2 is 1.65 bits per heavy atom. The number of carboxylic acid groups (broad SMARTS) is 1. The van der Waals surface area contributed by atoms with Gasteiger partial charge in [0.15, 0.2) is 0 Å². The topological polar surface area (TPSA) is 75.6 Å². The molecule has 3 rings (SSSR count). The van der Waals surface area contributed by atoms with Crippen LogP contribution in [0.2, 0.25) is 0 Å². The lowest BCUT2D eigenvalue weighted by Crippen LogP contribution is -2.13. The highest BCUT2D eigenvalue weighted by atomic mass is 16.5. The number of benzene rings is 3. The summed E-state index contributed by atoms with van der Waals surface area (Å²) in [6.07, 6.45) is 2.55. The van der Waals surface area contributed by atoms with Crippen molar-refractivity contribution >= 4 is 34.4 Å². The van der Waals surface area contributed by atoms with Gasteiger partial charge in [0.05, 0.1) is 12.7 Å². The van der Waals surface area contributed by atoms with Gasteiger partial charge in [-0.05, 0) is 46.7 Å². The van der Waals surface area contributed by atoms with Gasteiger partial charge in [0.2, 0.25) is 0 Å². The van der Waals surface area contributed by atoms with Gasteiger partial charge in [0.1, 0.15) is 5.75 Å². The summed E-state index contributed by atoms with van der Waals surface area (Å²) in [6.45, 7) is 0. The number of methoxy groups -OCH3 is 1. The number of carbonyl (C=O) groups is 2. The molecule has 2 N–H and O–H groups in total. The number of ether oxygens (including phenoxy) is 1. The first-order valence-electron chi connectivity index (χ1n) is 7.96. The number of anilines is 1. The van der Waals surface area contributed by atoms with Crippen molar-refractivity contribution in [1.29, 1.82) is 0 Å². The molecule has 0 saturated heterocycles. The van der Waals surface area contributed by atoms with Crippen molar-refractivity contribution in [3.05, 3.63) is 77.9 Å². The molecule has 5 nitrogen and oxygen atoms in total. The monoisotopic (exact) mass is 347 g/mol. The molecular formula is C21H17NO4. The average molecular weight is 347 g/mol. The molecule has 1 amide bonds. The predicted molar refractivity (Wildman–Crippen MR) is 102 cm³/mol. The van der Waals surface area contributed by atoms with Crippen LogP contribution in [-0.4, -0.2) is 24.1 Å². The summed E-state index contributed by atoms with van der Waals surface area (Å²) in [7, 11) is 1.53. The second kappa shape index (κ2) is 7.53. The van der Waals surface area contributed by atoms with E-state index in [9.17, 15) is 9.59 Å². The van der Waals surface area contributed by atoms with E-state index in [4.69, 9.17) is 9.84 Å². The number of nitrogens with one attached hydrogen (secondary N) is 1. The van der Waals surface area contributed by atoms with E-state index >= 15 is 0 Å². The number of amides is 1. The Kier molecular flexibility index (Phi) is 4.99. The third-order valence-corrected chi connectivity index (χ3v) is 3.90. The van der Waals surface area contributed by atoms with E-state index in [1.807, 2.05) is 30.3 Å². The van der Waals surface area contributed by atoms with Crippen LogP contribution in [0.3, 0.4) is 0 Å². The van der Waals surface area contributed by atoms with Gasteiger partial charge in [0.25, 0.3) is 5.91 Å². The number of rotatable bonds is 5. The van der Waals surface area contributed by atoms with Crippen LogP contribution in [0.1, 0.15) is 15.9 Å². The highest BCUT2D eigenvalue weighted by Crippen LogP contribution is 2.26. The van der Waals surface area contributed by atoms with E-state index in [1.54, 1.807) is 30.3 Å². The maximum Gasteiger partial charge on any atom is 0.328 e. The maximum atomic E-state index is 12.7. The first kappa shape index (κ1) is 17.2. The molecule has 0 radical (unpaired) electrons. The fourth-order valence-electron chi connectivity index (χ4n) is 2.61. The Morgan fingerprint density at radius 1 is 1.00 bits per heavy atom. The number of aliphatic carboxylic acids is 1. The minimum atomic E-state index is -1.01. The van der Waals surface area contributed by atoms with E-state index in [1.165, 1.54) is 13.2 Å². The van der Waals surface area contributed by atoms with Crippen LogP contribution in [0.5, 0.6) is 5.75 Å². The predicted octanol–water partition coefficient (Wildman–Crippen LogP) is 4.20. The van der Waals surface area contributed by atoms with E-state index < -0.39 is 5.97 Å². The van der Waals surface area contributed by atoms with E-state index in [0.29, 0.717) is 17.0 Å². The zero-order valence-corrected chi connectivity index (χ0v) is 14.1. The lowest BCUT2D eigenvalue weighted by molar-refractivity contribution is -0.131. The zero-order chi connectivity index (χ0) is 18.5. The van der Waals surface area contributed by atoms with Gasteiger partial charge in [0, 0.05) is 11.8 Å². The molecule has 26 heavy (non-hydrogen) atoms. The van der Waals surface area contributed by atoms with Crippen molar-refractivity contribution in [3.63, 3.8) is 0 Å². The molecule has 5 heteroatoms. The molecule has 3 aromatic carbocycles. The summed E-state index contributed by atoms with van der Waals surface area (Å²) < 4.78 is 5.36. The molecule has 0 aliphatic heterocycles. The highest BCUT2D eigenvalue weighted by molar-refractivity contribution is 6.08. The van der Waals surface area contributed by atoms with Gasteiger partial charge in [-0.1, -0.05) is 36.4 Å². The quantitative estimate of drug-likeness (QED) is 0.678. The Labute approximate surface area is 150 Å². The molecule has 0 unspecified atom stereocenters. The first-order chi connectivity index (χ1) is 12.6. The smallest absolute Gasteiger partial charge is 0.328 e. The lowest BCUT2D eigenvalue weighted by atomic mass is 10.1. The summed E-state index contributed by atoms with van der Waals surface area (Å²) in [5.74, 6) is -0.783. The molecular weight excluding hydrogens is 330 g/mol. The molecule has 0 fully saturated rings. The summed E-state index contributed by atoms with van der Waals surface area (Å²) in [5.41, 5.74) is 1.78. The van der Waals surface area contributed by atoms with E-state index in [2.05, 4.69) is 5.32 Å². The maximum absolute atomic E-state index is 12.7. The summed E-state index contributed by atoms with van der Waals surface area (Å²) in [4.78, 5) is 23.2. The Balaban J connectivity index is 1.83. The molecule has 0 spiro atoms. The average Bonchev–Trinajstić information content (AvgIpc) is 2.66. The van der Waals surface area contributed by atoms with Crippen molar-refractivity contribution in [1.82, 2.24) is 0 Å². The molecule has 0 aliphatic rings. The van der Waals surface area contributed by atoms with Gasteiger partial charge >= 0.3 is 5.97 Å². The minimum Gasteiger partial charge on any atom is -0.496 e. The van der Waals surface area contributed by atoms with Crippen molar-refractivity contribution in [2.24, 2.45) is 0 Å². The van der Waals surface area contributed by atoms with Crippen LogP contribution in [0, 0.1) is 0 Å². The molecule has 3 aromatic rings. The van der Waals surface area contributed by atoms with Gasteiger partial charge in [-0.2, -0.15) is 0 Å². The van der Waals surface area contributed by atoms with Crippen LogP contribution in [-0.2, 0) is 4.79 Å². The Hall–Kier alpha value is -3.60. The fourth-order valence-corrected chi connectivity index (χ4v) is 2.61. The van der Waals surface area contributed by atoms with Crippen LogP contribution in [0.25, 0.3) is 16.8 Å². The summed E-state index contributed by atoms with van der Waals surface area (Å²) >= 11 is 0. The number of hydrogen-bond acceptors (Lipinski definition) is 3. The fraction of sp³-hybridized carbons (Fsp3) is 0.0476. The molecule has 0 bridgehead atoms. The van der Waals surface area contributed by atoms with Gasteiger partial charge in [-0.3, -0.25) is 4.79 Å². The Morgan fingerprint density at radius 3 is 2.27 bits per heavy atom. The SMILES string of the molecule is COc1cc2ccccc2cc1C(=O)Nc1ccc(/C=C/C(=O)O)cc1. The van der Waals surface area contributed by atoms with Crippen LogP contribution < -0.4 is 10.1 Å². The van der Waals surface area contributed by atoms with Crippen LogP contribution in [0.15, 0.2) is 66.7 Å². The van der Waals surface area contributed by atoms with E-state index in [-0.39, 0.29) is 5.91 Å².